The lowest BCUT2D eigenvalue weighted by Crippen LogP contribution is -2.15. The molecular formula is C16H20N2O2S. The predicted octanol–water partition coefficient (Wildman–Crippen LogP) is 3.25. The summed E-state index contributed by atoms with van der Waals surface area (Å²) < 4.78 is 27.7. The van der Waals surface area contributed by atoms with E-state index in [1.807, 2.05) is 39.0 Å². The van der Waals surface area contributed by atoms with E-state index in [9.17, 15) is 8.42 Å². The minimum Gasteiger partial charge on any atom is -0.398 e. The van der Waals surface area contributed by atoms with E-state index in [0.717, 1.165) is 23.1 Å². The normalized spacial score (nSPS) is 11.4. The third-order valence-electron chi connectivity index (χ3n) is 3.63. The lowest BCUT2D eigenvalue weighted by atomic mass is 10.1. The van der Waals surface area contributed by atoms with Crippen molar-refractivity contribution in [3.05, 3.63) is 53.1 Å². The van der Waals surface area contributed by atoms with Gasteiger partial charge in [0.25, 0.3) is 10.0 Å². The van der Waals surface area contributed by atoms with Crippen molar-refractivity contribution in [2.24, 2.45) is 0 Å². The molecule has 2 aromatic carbocycles. The van der Waals surface area contributed by atoms with Crippen LogP contribution in [0.25, 0.3) is 0 Å². The Hall–Kier alpha value is -2.01. The number of aryl methyl sites for hydroxylation is 2. The fourth-order valence-electron chi connectivity index (χ4n) is 2.14. The SMILES string of the molecule is CCc1ccccc1NS(=O)(=O)c1cc(C)c(C)c(N)c1. The molecule has 0 saturated carbocycles. The van der Waals surface area contributed by atoms with Crippen LogP contribution in [0.3, 0.4) is 0 Å². The molecule has 0 atom stereocenters. The molecule has 0 saturated heterocycles. The number of nitrogen functional groups attached to an aromatic ring is 1. The zero-order valence-electron chi connectivity index (χ0n) is 12.5. The van der Waals surface area contributed by atoms with E-state index < -0.39 is 10.0 Å². The largest absolute Gasteiger partial charge is 0.398 e. The number of anilines is 2. The Balaban J connectivity index is 2.44. The third kappa shape index (κ3) is 3.19. The van der Waals surface area contributed by atoms with Crippen molar-refractivity contribution >= 4 is 21.4 Å². The maximum Gasteiger partial charge on any atom is 0.261 e. The number of hydrogen-bond donors (Lipinski definition) is 2. The number of hydrogen-bond acceptors (Lipinski definition) is 3. The summed E-state index contributed by atoms with van der Waals surface area (Å²) in [6, 6.07) is 10.5. The van der Waals surface area contributed by atoms with E-state index >= 15 is 0 Å². The molecule has 0 bridgehead atoms. The predicted molar refractivity (Wildman–Crippen MR) is 87.0 cm³/mol. The van der Waals surface area contributed by atoms with Crippen molar-refractivity contribution in [2.45, 2.75) is 32.1 Å². The molecule has 5 heteroatoms. The zero-order valence-corrected chi connectivity index (χ0v) is 13.3. The number of nitrogens with one attached hydrogen (secondary N) is 1. The van der Waals surface area contributed by atoms with Gasteiger partial charge in [-0.25, -0.2) is 8.42 Å². The van der Waals surface area contributed by atoms with Gasteiger partial charge in [-0.3, -0.25) is 4.72 Å². The maximum atomic E-state index is 12.5. The second kappa shape index (κ2) is 5.77. The van der Waals surface area contributed by atoms with Gasteiger partial charge in [0.15, 0.2) is 0 Å². The van der Waals surface area contributed by atoms with Gasteiger partial charge in [0, 0.05) is 5.69 Å². The smallest absolute Gasteiger partial charge is 0.261 e. The molecule has 0 spiro atoms. The Morgan fingerprint density at radius 2 is 1.81 bits per heavy atom. The molecule has 0 aliphatic carbocycles. The number of sulfonamides is 1. The molecule has 0 radical (unpaired) electrons. The highest BCUT2D eigenvalue weighted by atomic mass is 32.2. The van der Waals surface area contributed by atoms with E-state index in [2.05, 4.69) is 4.72 Å². The maximum absolute atomic E-state index is 12.5. The average Bonchev–Trinajstić information content (AvgIpc) is 2.44. The fraction of sp³-hybridized carbons (Fsp3) is 0.250. The molecular weight excluding hydrogens is 284 g/mol. The topological polar surface area (TPSA) is 72.2 Å². The Morgan fingerprint density at radius 3 is 2.43 bits per heavy atom. The van der Waals surface area contributed by atoms with Gasteiger partial charge in [-0.15, -0.1) is 0 Å². The number of nitrogens with two attached hydrogens (primary N) is 1. The van der Waals surface area contributed by atoms with Crippen molar-refractivity contribution in [1.29, 1.82) is 0 Å². The molecule has 2 rings (SSSR count). The van der Waals surface area contributed by atoms with Crippen molar-refractivity contribution in [1.82, 2.24) is 0 Å². The standard InChI is InChI=1S/C16H20N2O2S/c1-4-13-7-5-6-8-16(13)18-21(19,20)14-9-11(2)12(3)15(17)10-14/h5-10,18H,4,17H2,1-3H3. The van der Waals surface area contributed by atoms with Gasteiger partial charge in [0.2, 0.25) is 0 Å². The van der Waals surface area contributed by atoms with Crippen LogP contribution >= 0.6 is 0 Å². The molecule has 2 aromatic rings. The summed E-state index contributed by atoms with van der Waals surface area (Å²) in [5.41, 5.74) is 9.69. The summed E-state index contributed by atoms with van der Waals surface area (Å²) in [7, 11) is -3.64. The van der Waals surface area contributed by atoms with Crippen molar-refractivity contribution in [3.8, 4) is 0 Å². The number of rotatable bonds is 4. The molecule has 0 unspecified atom stereocenters. The first-order valence-electron chi connectivity index (χ1n) is 6.82. The van der Waals surface area contributed by atoms with Gasteiger partial charge in [-0.2, -0.15) is 0 Å². The van der Waals surface area contributed by atoms with Crippen LogP contribution in [0.4, 0.5) is 11.4 Å². The van der Waals surface area contributed by atoms with E-state index in [4.69, 9.17) is 5.73 Å². The Morgan fingerprint density at radius 1 is 1.14 bits per heavy atom. The Labute approximate surface area is 126 Å². The van der Waals surface area contributed by atoms with Crippen LogP contribution in [-0.4, -0.2) is 8.42 Å². The van der Waals surface area contributed by atoms with Crippen molar-refractivity contribution in [3.63, 3.8) is 0 Å². The first kappa shape index (κ1) is 15.4. The van der Waals surface area contributed by atoms with Gasteiger partial charge in [-0.05, 0) is 55.2 Å². The molecule has 3 N–H and O–H groups in total. The molecule has 4 nitrogen and oxygen atoms in total. The zero-order chi connectivity index (χ0) is 15.6. The second-order valence-electron chi connectivity index (χ2n) is 5.07. The van der Waals surface area contributed by atoms with Crippen LogP contribution in [-0.2, 0) is 16.4 Å². The minimum absolute atomic E-state index is 0.189. The first-order chi connectivity index (χ1) is 9.85. The van der Waals surface area contributed by atoms with E-state index in [1.54, 1.807) is 12.1 Å². The third-order valence-corrected chi connectivity index (χ3v) is 4.98. The summed E-state index contributed by atoms with van der Waals surface area (Å²) >= 11 is 0. The molecule has 0 fully saturated rings. The van der Waals surface area contributed by atoms with Gasteiger partial charge < -0.3 is 5.73 Å². The number of para-hydroxylation sites is 1. The molecule has 21 heavy (non-hydrogen) atoms. The van der Waals surface area contributed by atoms with Crippen LogP contribution in [0.2, 0.25) is 0 Å². The van der Waals surface area contributed by atoms with Crippen LogP contribution in [0.5, 0.6) is 0 Å². The van der Waals surface area contributed by atoms with Crippen molar-refractivity contribution < 1.29 is 8.42 Å². The van der Waals surface area contributed by atoms with Crippen molar-refractivity contribution in [2.75, 3.05) is 10.5 Å². The molecule has 112 valence electrons. The molecule has 0 heterocycles. The monoisotopic (exact) mass is 304 g/mol. The molecule has 0 amide bonds. The lowest BCUT2D eigenvalue weighted by Gasteiger charge is -2.13. The van der Waals surface area contributed by atoms with Gasteiger partial charge >= 0.3 is 0 Å². The highest BCUT2D eigenvalue weighted by Gasteiger charge is 2.17. The molecule has 0 aromatic heterocycles. The summed E-state index contributed by atoms with van der Waals surface area (Å²) in [5.74, 6) is 0. The molecule has 0 aliphatic heterocycles. The quantitative estimate of drug-likeness (QED) is 0.852. The first-order valence-corrected chi connectivity index (χ1v) is 8.31. The number of benzene rings is 2. The fourth-order valence-corrected chi connectivity index (χ4v) is 3.36. The van der Waals surface area contributed by atoms with Gasteiger partial charge in [0.05, 0.1) is 10.6 Å². The highest BCUT2D eigenvalue weighted by molar-refractivity contribution is 7.92. The van der Waals surface area contributed by atoms with Crippen LogP contribution in [0.15, 0.2) is 41.3 Å². The summed E-state index contributed by atoms with van der Waals surface area (Å²) in [6.07, 6.45) is 0.758. The van der Waals surface area contributed by atoms with Gasteiger partial charge in [0.1, 0.15) is 0 Å². The molecule has 0 aliphatic rings. The van der Waals surface area contributed by atoms with E-state index in [1.165, 1.54) is 6.07 Å². The second-order valence-corrected chi connectivity index (χ2v) is 6.75. The highest BCUT2D eigenvalue weighted by Crippen LogP contribution is 2.25. The van der Waals surface area contributed by atoms with E-state index in [-0.39, 0.29) is 4.90 Å². The lowest BCUT2D eigenvalue weighted by molar-refractivity contribution is 0.601. The summed E-state index contributed by atoms with van der Waals surface area (Å²) in [6.45, 7) is 5.72. The Bertz CT molecular complexity index is 745. The van der Waals surface area contributed by atoms with Gasteiger partial charge in [-0.1, -0.05) is 25.1 Å². The van der Waals surface area contributed by atoms with E-state index in [0.29, 0.717) is 11.4 Å². The average molecular weight is 304 g/mol. The van der Waals surface area contributed by atoms with Crippen LogP contribution in [0, 0.1) is 13.8 Å². The van der Waals surface area contributed by atoms with Crippen LogP contribution in [0.1, 0.15) is 23.6 Å². The van der Waals surface area contributed by atoms with Crippen LogP contribution < -0.4 is 10.5 Å². The minimum atomic E-state index is -3.64. The summed E-state index contributed by atoms with van der Waals surface area (Å²) in [5, 5.41) is 0. The Kier molecular flexibility index (Phi) is 4.23. The summed E-state index contributed by atoms with van der Waals surface area (Å²) in [4.78, 5) is 0.189.